The van der Waals surface area contributed by atoms with Crippen LogP contribution in [0, 0.1) is 6.92 Å². The molecular formula is C24H26N2O3. The predicted octanol–water partition coefficient (Wildman–Crippen LogP) is 4.33. The van der Waals surface area contributed by atoms with Gasteiger partial charge in [0, 0.05) is 5.69 Å². The van der Waals surface area contributed by atoms with Crippen molar-refractivity contribution in [3.8, 4) is 11.5 Å². The normalized spacial score (nSPS) is 10.5. The first-order chi connectivity index (χ1) is 14.1. The lowest BCUT2D eigenvalue weighted by Crippen LogP contribution is -2.34. The van der Waals surface area contributed by atoms with Crippen LogP contribution in [0.1, 0.15) is 22.7 Å². The molecule has 0 fully saturated rings. The van der Waals surface area contributed by atoms with Crippen LogP contribution < -0.4 is 20.1 Å². The van der Waals surface area contributed by atoms with Crippen molar-refractivity contribution in [2.24, 2.45) is 0 Å². The quantitative estimate of drug-likeness (QED) is 0.601. The van der Waals surface area contributed by atoms with Crippen molar-refractivity contribution in [2.75, 3.05) is 26.1 Å². The van der Waals surface area contributed by atoms with Gasteiger partial charge in [-0.05, 0) is 53.9 Å². The van der Waals surface area contributed by atoms with E-state index in [2.05, 4.69) is 10.6 Å². The number of hydrogen-bond donors (Lipinski definition) is 2. The molecule has 0 saturated carbocycles. The molecule has 0 spiro atoms. The Kier molecular flexibility index (Phi) is 6.74. The van der Waals surface area contributed by atoms with Crippen LogP contribution in [0.25, 0.3) is 0 Å². The van der Waals surface area contributed by atoms with Crippen molar-refractivity contribution in [2.45, 2.75) is 13.0 Å². The molecule has 1 amide bonds. The number of carbonyl (C=O) groups excluding carboxylic acids is 1. The molecule has 0 aliphatic carbocycles. The first-order valence-corrected chi connectivity index (χ1v) is 9.47. The Morgan fingerprint density at radius 3 is 1.83 bits per heavy atom. The zero-order chi connectivity index (χ0) is 20.6. The zero-order valence-electron chi connectivity index (χ0n) is 16.9. The first kappa shape index (κ1) is 20.3. The van der Waals surface area contributed by atoms with Gasteiger partial charge in [-0.25, -0.2) is 0 Å². The fourth-order valence-electron chi connectivity index (χ4n) is 3.11. The lowest BCUT2D eigenvalue weighted by atomic mass is 9.98. The van der Waals surface area contributed by atoms with Gasteiger partial charge in [-0.1, -0.05) is 42.5 Å². The van der Waals surface area contributed by atoms with E-state index in [0.29, 0.717) is 0 Å². The maximum atomic E-state index is 12.7. The van der Waals surface area contributed by atoms with Gasteiger partial charge in [-0.3, -0.25) is 4.79 Å². The molecule has 150 valence electrons. The molecule has 0 atom stereocenters. The van der Waals surface area contributed by atoms with Gasteiger partial charge < -0.3 is 20.1 Å². The summed E-state index contributed by atoms with van der Waals surface area (Å²) >= 11 is 0. The van der Waals surface area contributed by atoms with E-state index in [9.17, 15) is 4.79 Å². The van der Waals surface area contributed by atoms with Gasteiger partial charge >= 0.3 is 0 Å². The molecule has 0 bridgehead atoms. The van der Waals surface area contributed by atoms with E-state index in [0.717, 1.165) is 33.9 Å². The van der Waals surface area contributed by atoms with E-state index < -0.39 is 0 Å². The van der Waals surface area contributed by atoms with Crippen LogP contribution in [0.15, 0.2) is 72.8 Å². The minimum Gasteiger partial charge on any atom is -0.497 e. The highest BCUT2D eigenvalue weighted by Crippen LogP contribution is 2.26. The number of benzene rings is 3. The Hall–Kier alpha value is -3.47. The number of anilines is 1. The SMILES string of the molecule is COc1ccc(C(NC(=O)CNc2ccccc2C)c2ccc(OC)cc2)cc1. The highest BCUT2D eigenvalue weighted by molar-refractivity contribution is 5.81. The van der Waals surface area contributed by atoms with Crippen molar-refractivity contribution in [1.82, 2.24) is 5.32 Å². The summed E-state index contributed by atoms with van der Waals surface area (Å²) in [6.45, 7) is 2.20. The minimum atomic E-state index is -0.280. The Labute approximate surface area is 171 Å². The van der Waals surface area contributed by atoms with E-state index in [1.54, 1.807) is 14.2 Å². The molecule has 5 nitrogen and oxygen atoms in total. The summed E-state index contributed by atoms with van der Waals surface area (Å²) < 4.78 is 10.5. The first-order valence-electron chi connectivity index (χ1n) is 9.47. The summed E-state index contributed by atoms with van der Waals surface area (Å²) in [7, 11) is 3.27. The van der Waals surface area contributed by atoms with E-state index in [4.69, 9.17) is 9.47 Å². The number of methoxy groups -OCH3 is 2. The molecule has 0 aromatic heterocycles. The topological polar surface area (TPSA) is 59.6 Å². The summed E-state index contributed by atoms with van der Waals surface area (Å²) in [4.78, 5) is 12.7. The van der Waals surface area contributed by atoms with Gasteiger partial charge in [0.05, 0.1) is 26.8 Å². The third-order valence-corrected chi connectivity index (χ3v) is 4.79. The number of amides is 1. The summed E-state index contributed by atoms with van der Waals surface area (Å²) in [6.07, 6.45) is 0. The molecule has 0 unspecified atom stereocenters. The number of hydrogen-bond acceptors (Lipinski definition) is 4. The standard InChI is InChI=1S/C24H26N2O3/c1-17-6-4-5-7-22(17)25-16-23(27)26-24(18-8-12-20(28-2)13-9-18)19-10-14-21(29-3)15-11-19/h4-15,24-25H,16H2,1-3H3,(H,26,27). The van der Waals surface area contributed by atoms with E-state index in [1.165, 1.54) is 0 Å². The average Bonchev–Trinajstić information content (AvgIpc) is 2.77. The van der Waals surface area contributed by atoms with Crippen molar-refractivity contribution in [3.63, 3.8) is 0 Å². The highest BCUT2D eigenvalue weighted by atomic mass is 16.5. The molecular weight excluding hydrogens is 364 g/mol. The Bertz CT molecular complexity index is 890. The van der Waals surface area contributed by atoms with Crippen LogP contribution in [-0.4, -0.2) is 26.7 Å². The monoisotopic (exact) mass is 390 g/mol. The molecule has 2 N–H and O–H groups in total. The molecule has 3 aromatic rings. The van der Waals surface area contributed by atoms with Gasteiger partial charge in [-0.2, -0.15) is 0 Å². The third-order valence-electron chi connectivity index (χ3n) is 4.79. The molecule has 0 heterocycles. The molecule has 5 heteroatoms. The van der Waals surface area contributed by atoms with Crippen LogP contribution >= 0.6 is 0 Å². The molecule has 0 saturated heterocycles. The zero-order valence-corrected chi connectivity index (χ0v) is 16.9. The summed E-state index contributed by atoms with van der Waals surface area (Å²) in [6, 6.07) is 23.0. The summed E-state index contributed by atoms with van der Waals surface area (Å²) in [5, 5.41) is 6.34. The van der Waals surface area contributed by atoms with E-state index in [-0.39, 0.29) is 18.5 Å². The van der Waals surface area contributed by atoms with Crippen LogP contribution in [0.4, 0.5) is 5.69 Å². The average molecular weight is 390 g/mol. The van der Waals surface area contributed by atoms with Crippen LogP contribution in [0.5, 0.6) is 11.5 Å². The van der Waals surface area contributed by atoms with Crippen molar-refractivity contribution in [1.29, 1.82) is 0 Å². The number of nitrogens with one attached hydrogen (secondary N) is 2. The van der Waals surface area contributed by atoms with E-state index in [1.807, 2.05) is 79.7 Å². The maximum Gasteiger partial charge on any atom is 0.240 e. The lowest BCUT2D eigenvalue weighted by Gasteiger charge is -2.21. The number of ether oxygens (including phenoxy) is 2. The summed E-state index contributed by atoms with van der Waals surface area (Å²) in [5.74, 6) is 1.45. The second-order valence-electron chi connectivity index (χ2n) is 6.72. The Morgan fingerprint density at radius 2 is 1.34 bits per heavy atom. The van der Waals surface area contributed by atoms with Crippen LogP contribution in [0.3, 0.4) is 0 Å². The van der Waals surface area contributed by atoms with Crippen LogP contribution in [0.2, 0.25) is 0 Å². The minimum absolute atomic E-state index is 0.0927. The number of rotatable bonds is 8. The molecule has 3 rings (SSSR count). The van der Waals surface area contributed by atoms with Gasteiger partial charge in [0.25, 0.3) is 0 Å². The van der Waals surface area contributed by atoms with E-state index >= 15 is 0 Å². The lowest BCUT2D eigenvalue weighted by molar-refractivity contribution is -0.119. The third kappa shape index (κ3) is 5.29. The Morgan fingerprint density at radius 1 is 0.828 bits per heavy atom. The fraction of sp³-hybridized carbons (Fsp3) is 0.208. The number of aryl methyl sites for hydroxylation is 1. The Balaban J connectivity index is 1.78. The fourth-order valence-corrected chi connectivity index (χ4v) is 3.11. The second-order valence-corrected chi connectivity index (χ2v) is 6.72. The van der Waals surface area contributed by atoms with Crippen molar-refractivity contribution < 1.29 is 14.3 Å². The molecule has 0 radical (unpaired) electrons. The van der Waals surface area contributed by atoms with Gasteiger partial charge in [-0.15, -0.1) is 0 Å². The molecule has 0 aliphatic rings. The smallest absolute Gasteiger partial charge is 0.240 e. The maximum absolute atomic E-state index is 12.7. The predicted molar refractivity (Wildman–Crippen MR) is 116 cm³/mol. The van der Waals surface area contributed by atoms with Crippen LogP contribution in [-0.2, 0) is 4.79 Å². The molecule has 3 aromatic carbocycles. The highest BCUT2D eigenvalue weighted by Gasteiger charge is 2.17. The summed E-state index contributed by atoms with van der Waals surface area (Å²) in [5.41, 5.74) is 4.00. The number of para-hydroxylation sites is 1. The van der Waals surface area contributed by atoms with Crippen molar-refractivity contribution in [3.05, 3.63) is 89.5 Å². The van der Waals surface area contributed by atoms with Gasteiger partial charge in [0.2, 0.25) is 5.91 Å². The van der Waals surface area contributed by atoms with Gasteiger partial charge in [0.15, 0.2) is 0 Å². The van der Waals surface area contributed by atoms with Crippen molar-refractivity contribution >= 4 is 11.6 Å². The second kappa shape index (κ2) is 9.64. The molecule has 0 aliphatic heterocycles. The largest absolute Gasteiger partial charge is 0.497 e. The number of carbonyl (C=O) groups is 1. The van der Waals surface area contributed by atoms with Gasteiger partial charge in [0.1, 0.15) is 11.5 Å². The molecule has 29 heavy (non-hydrogen) atoms.